The number of hydrogen-bond donors (Lipinski definition) is 1. The van der Waals surface area contributed by atoms with Crippen molar-refractivity contribution in [2.75, 3.05) is 5.75 Å². The van der Waals surface area contributed by atoms with Gasteiger partial charge < -0.3 is 5.32 Å². The first kappa shape index (κ1) is 19.8. The van der Waals surface area contributed by atoms with E-state index in [1.165, 1.54) is 28.6 Å². The Hall–Kier alpha value is -2.45. The minimum absolute atomic E-state index is 0.0225. The lowest BCUT2D eigenvalue weighted by atomic mass is 9.97. The van der Waals surface area contributed by atoms with Crippen molar-refractivity contribution in [3.8, 4) is 0 Å². The molecule has 0 radical (unpaired) electrons. The van der Waals surface area contributed by atoms with Gasteiger partial charge in [-0.1, -0.05) is 23.9 Å². The molecule has 0 saturated heterocycles. The molecular formula is C21H22N4O2S2. The number of aryl methyl sites for hydroxylation is 2. The average molecular weight is 427 g/mol. The van der Waals surface area contributed by atoms with E-state index < -0.39 is 0 Å². The summed E-state index contributed by atoms with van der Waals surface area (Å²) in [6.45, 7) is 4.53. The Morgan fingerprint density at radius 3 is 3.00 bits per heavy atom. The van der Waals surface area contributed by atoms with Gasteiger partial charge in [-0.05, 0) is 43.4 Å². The second-order valence-corrected chi connectivity index (χ2v) is 8.90. The Kier molecular flexibility index (Phi) is 6.10. The van der Waals surface area contributed by atoms with Crippen LogP contribution in [0.15, 0.2) is 47.0 Å². The summed E-state index contributed by atoms with van der Waals surface area (Å²) in [4.78, 5) is 36.5. The highest BCUT2D eigenvalue weighted by molar-refractivity contribution is 7.99. The van der Waals surface area contributed by atoms with Crippen LogP contribution < -0.4 is 10.9 Å². The number of aromatic nitrogens is 3. The zero-order valence-corrected chi connectivity index (χ0v) is 17.7. The fraction of sp³-hybridized carbons (Fsp3) is 0.333. The van der Waals surface area contributed by atoms with Crippen LogP contribution in [0.3, 0.4) is 0 Å². The monoisotopic (exact) mass is 426 g/mol. The number of carbonyl (C=O) groups is 1. The van der Waals surface area contributed by atoms with Crippen molar-refractivity contribution in [3.63, 3.8) is 0 Å². The predicted molar refractivity (Wildman–Crippen MR) is 118 cm³/mol. The first-order chi connectivity index (χ1) is 14.2. The van der Waals surface area contributed by atoms with E-state index in [0.29, 0.717) is 18.2 Å². The lowest BCUT2D eigenvalue weighted by Crippen LogP contribution is -2.27. The molecule has 0 bridgehead atoms. The summed E-state index contributed by atoms with van der Waals surface area (Å²) in [5.41, 5.74) is 1.96. The third-order valence-corrected chi connectivity index (χ3v) is 7.04. The molecule has 0 aromatic carbocycles. The number of amides is 1. The average Bonchev–Trinajstić information content (AvgIpc) is 3.12. The van der Waals surface area contributed by atoms with Gasteiger partial charge in [0, 0.05) is 17.6 Å². The van der Waals surface area contributed by atoms with Crippen molar-refractivity contribution in [2.45, 2.75) is 43.9 Å². The summed E-state index contributed by atoms with van der Waals surface area (Å²) < 4.78 is 1.63. The van der Waals surface area contributed by atoms with Gasteiger partial charge in [-0.25, -0.2) is 4.98 Å². The van der Waals surface area contributed by atoms with Crippen LogP contribution >= 0.6 is 23.1 Å². The van der Waals surface area contributed by atoms with E-state index in [1.54, 1.807) is 28.2 Å². The van der Waals surface area contributed by atoms with E-state index in [2.05, 4.69) is 16.9 Å². The second-order valence-electron chi connectivity index (χ2n) is 6.88. The quantitative estimate of drug-likeness (QED) is 0.356. The van der Waals surface area contributed by atoms with Gasteiger partial charge in [-0.15, -0.1) is 17.9 Å². The SMILES string of the molecule is C=CCn1c(SCC(=O)NCc2ccccn2)nc2sc3c(c2c1=O)CCCC3. The van der Waals surface area contributed by atoms with Crippen molar-refractivity contribution in [2.24, 2.45) is 0 Å². The molecule has 0 spiro atoms. The van der Waals surface area contributed by atoms with Crippen molar-refractivity contribution in [1.82, 2.24) is 19.9 Å². The van der Waals surface area contributed by atoms with Crippen LogP contribution in [0.2, 0.25) is 0 Å². The highest BCUT2D eigenvalue weighted by atomic mass is 32.2. The van der Waals surface area contributed by atoms with E-state index in [1.807, 2.05) is 18.2 Å². The fourth-order valence-electron chi connectivity index (χ4n) is 3.49. The molecule has 150 valence electrons. The molecule has 6 nitrogen and oxygen atoms in total. The molecule has 1 N–H and O–H groups in total. The summed E-state index contributed by atoms with van der Waals surface area (Å²) >= 11 is 2.91. The van der Waals surface area contributed by atoms with Crippen molar-refractivity contribution >= 4 is 39.2 Å². The van der Waals surface area contributed by atoms with Crippen LogP contribution in [0.1, 0.15) is 29.0 Å². The van der Waals surface area contributed by atoms with Gasteiger partial charge in [0.2, 0.25) is 5.91 Å². The summed E-state index contributed by atoms with van der Waals surface area (Å²) in [5, 5.41) is 4.18. The molecule has 0 saturated carbocycles. The minimum atomic E-state index is -0.120. The number of nitrogens with zero attached hydrogens (tertiary/aromatic N) is 3. The molecular weight excluding hydrogens is 404 g/mol. The lowest BCUT2D eigenvalue weighted by Gasteiger charge is -2.12. The van der Waals surface area contributed by atoms with E-state index >= 15 is 0 Å². The van der Waals surface area contributed by atoms with Crippen LogP contribution in [0, 0.1) is 0 Å². The van der Waals surface area contributed by atoms with Crippen LogP contribution in [0.4, 0.5) is 0 Å². The summed E-state index contributed by atoms with van der Waals surface area (Å²) in [6, 6.07) is 5.59. The van der Waals surface area contributed by atoms with Crippen molar-refractivity contribution < 1.29 is 4.79 Å². The molecule has 29 heavy (non-hydrogen) atoms. The number of allylic oxidation sites excluding steroid dienone is 1. The summed E-state index contributed by atoms with van der Waals surface area (Å²) in [6.07, 6.45) is 7.65. The molecule has 1 aliphatic carbocycles. The molecule has 8 heteroatoms. The highest BCUT2D eigenvalue weighted by Crippen LogP contribution is 2.34. The van der Waals surface area contributed by atoms with Gasteiger partial charge >= 0.3 is 0 Å². The third kappa shape index (κ3) is 4.28. The number of nitrogens with one attached hydrogen (secondary N) is 1. The number of carbonyl (C=O) groups excluding carboxylic acids is 1. The van der Waals surface area contributed by atoms with E-state index in [-0.39, 0.29) is 17.2 Å². The van der Waals surface area contributed by atoms with Gasteiger partial charge in [-0.3, -0.25) is 19.1 Å². The molecule has 4 rings (SSSR count). The van der Waals surface area contributed by atoms with Gasteiger partial charge in [-0.2, -0.15) is 0 Å². The lowest BCUT2D eigenvalue weighted by molar-refractivity contribution is -0.118. The number of hydrogen-bond acceptors (Lipinski definition) is 6. The maximum atomic E-state index is 13.2. The topological polar surface area (TPSA) is 76.9 Å². The Morgan fingerprint density at radius 2 is 2.21 bits per heavy atom. The van der Waals surface area contributed by atoms with Gasteiger partial charge in [0.25, 0.3) is 5.56 Å². The Bertz CT molecular complexity index is 1110. The van der Waals surface area contributed by atoms with Crippen LogP contribution in [-0.4, -0.2) is 26.2 Å². The normalized spacial score (nSPS) is 13.2. The molecule has 3 aromatic heterocycles. The molecule has 0 unspecified atom stereocenters. The molecule has 0 fully saturated rings. The first-order valence-electron chi connectivity index (χ1n) is 9.62. The van der Waals surface area contributed by atoms with Gasteiger partial charge in [0.15, 0.2) is 5.16 Å². The van der Waals surface area contributed by atoms with Crippen LogP contribution in [0.25, 0.3) is 10.2 Å². The fourth-order valence-corrected chi connectivity index (χ4v) is 5.63. The Labute approximate surface area is 177 Å². The first-order valence-corrected chi connectivity index (χ1v) is 11.4. The standard InChI is InChI=1S/C21H22N4O2S2/c1-2-11-25-20(27)18-15-8-3-4-9-16(15)29-19(18)24-21(25)28-13-17(26)23-12-14-7-5-6-10-22-14/h2,5-7,10H,1,3-4,8-9,11-13H2,(H,23,26). The van der Waals surface area contributed by atoms with E-state index in [0.717, 1.165) is 35.2 Å². The van der Waals surface area contributed by atoms with E-state index in [9.17, 15) is 9.59 Å². The molecule has 1 aliphatic rings. The van der Waals surface area contributed by atoms with Crippen molar-refractivity contribution in [1.29, 1.82) is 0 Å². The highest BCUT2D eigenvalue weighted by Gasteiger charge is 2.22. The Balaban J connectivity index is 1.54. The van der Waals surface area contributed by atoms with Gasteiger partial charge in [0.1, 0.15) is 4.83 Å². The van der Waals surface area contributed by atoms with Gasteiger partial charge in [0.05, 0.1) is 23.4 Å². The zero-order chi connectivity index (χ0) is 20.2. The molecule has 0 atom stereocenters. The maximum Gasteiger partial charge on any atom is 0.263 e. The number of rotatable bonds is 7. The van der Waals surface area contributed by atoms with Crippen molar-refractivity contribution in [3.05, 3.63) is 63.5 Å². The number of fused-ring (bicyclic) bond motifs is 3. The smallest absolute Gasteiger partial charge is 0.263 e. The zero-order valence-electron chi connectivity index (χ0n) is 16.0. The molecule has 3 heterocycles. The number of thioether (sulfide) groups is 1. The van der Waals surface area contributed by atoms with Crippen LogP contribution in [0.5, 0.6) is 0 Å². The molecule has 0 aliphatic heterocycles. The summed E-state index contributed by atoms with van der Waals surface area (Å²) in [7, 11) is 0. The maximum absolute atomic E-state index is 13.2. The Morgan fingerprint density at radius 1 is 1.34 bits per heavy atom. The second kappa shape index (κ2) is 8.92. The van der Waals surface area contributed by atoms with E-state index in [4.69, 9.17) is 4.98 Å². The third-order valence-electron chi connectivity index (χ3n) is 4.88. The minimum Gasteiger partial charge on any atom is -0.350 e. The number of thiophene rings is 1. The largest absolute Gasteiger partial charge is 0.350 e. The number of pyridine rings is 1. The predicted octanol–water partition coefficient (Wildman–Crippen LogP) is 3.33. The summed E-state index contributed by atoms with van der Waals surface area (Å²) in [5.74, 6) is 0.0677. The molecule has 1 amide bonds. The van der Waals surface area contributed by atoms with Crippen LogP contribution in [-0.2, 0) is 30.7 Å². The molecule has 3 aromatic rings.